The molecule has 3 amide bonds. The van der Waals surface area contributed by atoms with E-state index in [9.17, 15) is 19.2 Å². The SMILES string of the molecule is Cc1cccc(C)c1C(C(=O)NC(Cc1ccccc1)C(=O)OC(C)(C)C)N(C)C(=O)C(NC(=O)OC(C)(C)C)C(C)C. The molecule has 43 heavy (non-hydrogen) atoms. The molecule has 0 saturated carbocycles. The summed E-state index contributed by atoms with van der Waals surface area (Å²) < 4.78 is 11.1. The third kappa shape index (κ3) is 10.7. The lowest BCUT2D eigenvalue weighted by Crippen LogP contribution is -2.55. The van der Waals surface area contributed by atoms with Crippen LogP contribution in [0.5, 0.6) is 0 Å². The molecule has 0 aliphatic rings. The van der Waals surface area contributed by atoms with Crippen molar-refractivity contribution in [2.45, 2.75) is 105 Å². The van der Waals surface area contributed by atoms with Gasteiger partial charge in [0.15, 0.2) is 0 Å². The van der Waals surface area contributed by atoms with Gasteiger partial charge in [0.1, 0.15) is 29.3 Å². The highest BCUT2D eigenvalue weighted by atomic mass is 16.6. The van der Waals surface area contributed by atoms with Crippen LogP contribution >= 0.6 is 0 Å². The maximum Gasteiger partial charge on any atom is 0.408 e. The summed E-state index contributed by atoms with van der Waals surface area (Å²) in [6.45, 7) is 17.9. The Morgan fingerprint density at radius 1 is 0.791 bits per heavy atom. The first-order valence-electron chi connectivity index (χ1n) is 14.7. The van der Waals surface area contributed by atoms with Gasteiger partial charge in [0, 0.05) is 13.5 Å². The summed E-state index contributed by atoms with van der Waals surface area (Å²) >= 11 is 0. The number of esters is 1. The number of hydrogen-bond donors (Lipinski definition) is 2. The molecule has 0 aliphatic heterocycles. The predicted molar refractivity (Wildman–Crippen MR) is 167 cm³/mol. The van der Waals surface area contributed by atoms with Crippen molar-refractivity contribution in [3.63, 3.8) is 0 Å². The zero-order chi connectivity index (χ0) is 32.7. The molecule has 0 bridgehead atoms. The second-order valence-corrected chi connectivity index (χ2v) is 13.3. The molecule has 2 rings (SSSR count). The number of nitrogens with one attached hydrogen (secondary N) is 2. The second-order valence-electron chi connectivity index (χ2n) is 13.3. The van der Waals surface area contributed by atoms with Gasteiger partial charge in [-0.15, -0.1) is 0 Å². The molecule has 0 aromatic heterocycles. The van der Waals surface area contributed by atoms with Crippen LogP contribution in [0, 0.1) is 19.8 Å². The zero-order valence-electron chi connectivity index (χ0n) is 27.5. The van der Waals surface area contributed by atoms with Crippen LogP contribution in [0.25, 0.3) is 0 Å². The summed E-state index contributed by atoms with van der Waals surface area (Å²) in [7, 11) is 1.53. The number of likely N-dealkylation sites (N-methyl/N-ethyl adjacent to an activating group) is 1. The molecule has 2 N–H and O–H groups in total. The van der Waals surface area contributed by atoms with E-state index in [4.69, 9.17) is 9.47 Å². The minimum absolute atomic E-state index is 0.202. The van der Waals surface area contributed by atoms with E-state index < -0.39 is 53.2 Å². The smallest absolute Gasteiger partial charge is 0.408 e. The van der Waals surface area contributed by atoms with Crippen molar-refractivity contribution in [1.29, 1.82) is 0 Å². The second kappa shape index (κ2) is 14.5. The zero-order valence-corrected chi connectivity index (χ0v) is 27.5. The molecule has 9 heteroatoms. The van der Waals surface area contributed by atoms with Crippen molar-refractivity contribution in [2.75, 3.05) is 7.05 Å². The summed E-state index contributed by atoms with van der Waals surface area (Å²) in [5.74, 6) is -1.90. The first-order chi connectivity index (χ1) is 19.8. The number of rotatable bonds is 10. The standard InChI is InChI=1S/C34H49N3O6/c1-21(2)27(36-32(41)43-34(8,9)10)30(39)37(11)28(26-22(3)16-15-17-23(26)4)29(38)35-25(31(40)42-33(5,6)7)20-24-18-13-12-14-19-24/h12-19,21,25,27-28H,20H2,1-11H3,(H,35,38)(H,36,41). The van der Waals surface area contributed by atoms with Gasteiger partial charge in [0.05, 0.1) is 0 Å². The van der Waals surface area contributed by atoms with Gasteiger partial charge in [-0.1, -0.05) is 62.4 Å². The molecular weight excluding hydrogens is 546 g/mol. The number of alkyl carbamates (subject to hydrolysis) is 1. The fraction of sp³-hybridized carbons (Fsp3) is 0.529. The van der Waals surface area contributed by atoms with E-state index in [-0.39, 0.29) is 12.3 Å². The molecule has 2 aromatic carbocycles. The van der Waals surface area contributed by atoms with Crippen molar-refractivity contribution in [3.05, 3.63) is 70.8 Å². The normalized spacial score (nSPS) is 13.9. The molecule has 0 saturated heterocycles. The Labute approximate surface area is 256 Å². The van der Waals surface area contributed by atoms with Crippen LogP contribution in [0.4, 0.5) is 4.79 Å². The highest BCUT2D eigenvalue weighted by Gasteiger charge is 2.38. The molecule has 2 aromatic rings. The molecule has 0 spiro atoms. The summed E-state index contributed by atoms with van der Waals surface area (Å²) in [4.78, 5) is 55.6. The van der Waals surface area contributed by atoms with Crippen LogP contribution in [0.2, 0.25) is 0 Å². The van der Waals surface area contributed by atoms with E-state index in [2.05, 4.69) is 10.6 Å². The van der Waals surface area contributed by atoms with E-state index in [1.807, 2.05) is 62.4 Å². The van der Waals surface area contributed by atoms with Gasteiger partial charge in [0.25, 0.3) is 0 Å². The van der Waals surface area contributed by atoms with E-state index in [1.165, 1.54) is 11.9 Å². The van der Waals surface area contributed by atoms with Crippen molar-refractivity contribution in [3.8, 4) is 0 Å². The number of carbonyl (C=O) groups is 4. The van der Waals surface area contributed by atoms with Crippen molar-refractivity contribution >= 4 is 23.9 Å². The first kappa shape index (κ1) is 35.3. The number of benzene rings is 2. The molecule has 0 fully saturated rings. The number of nitrogens with zero attached hydrogens (tertiary/aromatic N) is 1. The Balaban J connectivity index is 2.53. The molecule has 3 atom stereocenters. The average molecular weight is 596 g/mol. The molecule has 236 valence electrons. The Kier molecular flexibility index (Phi) is 11.9. The summed E-state index contributed by atoms with van der Waals surface area (Å²) in [5.41, 5.74) is 1.56. The lowest BCUT2D eigenvalue weighted by Gasteiger charge is -2.35. The molecule has 0 aliphatic carbocycles. The monoisotopic (exact) mass is 595 g/mol. The van der Waals surface area contributed by atoms with Crippen LogP contribution < -0.4 is 10.6 Å². The van der Waals surface area contributed by atoms with Gasteiger partial charge >= 0.3 is 12.1 Å². The number of carbonyl (C=O) groups excluding carboxylic acids is 4. The number of hydrogen-bond acceptors (Lipinski definition) is 6. The third-order valence-corrected chi connectivity index (χ3v) is 6.69. The van der Waals surface area contributed by atoms with Crippen LogP contribution in [0.15, 0.2) is 48.5 Å². The van der Waals surface area contributed by atoms with Gasteiger partial charge in [-0.25, -0.2) is 9.59 Å². The molecule has 9 nitrogen and oxygen atoms in total. The minimum Gasteiger partial charge on any atom is -0.458 e. The predicted octanol–water partition coefficient (Wildman–Crippen LogP) is 5.42. The van der Waals surface area contributed by atoms with Crippen LogP contribution in [0.3, 0.4) is 0 Å². The molecular formula is C34H49N3O6. The van der Waals surface area contributed by atoms with Gasteiger partial charge in [0.2, 0.25) is 11.8 Å². The summed E-state index contributed by atoms with van der Waals surface area (Å²) in [6, 6.07) is 11.9. The van der Waals surface area contributed by atoms with Crippen molar-refractivity contribution in [2.24, 2.45) is 5.92 Å². The highest BCUT2D eigenvalue weighted by molar-refractivity contribution is 5.94. The molecule has 0 radical (unpaired) electrons. The van der Waals surface area contributed by atoms with E-state index in [0.717, 1.165) is 16.7 Å². The van der Waals surface area contributed by atoms with Crippen molar-refractivity contribution < 1.29 is 28.7 Å². The summed E-state index contributed by atoms with van der Waals surface area (Å²) in [6.07, 6.45) is -0.526. The van der Waals surface area contributed by atoms with Crippen LogP contribution in [0.1, 0.15) is 83.7 Å². The lowest BCUT2D eigenvalue weighted by atomic mass is 9.93. The Morgan fingerprint density at radius 2 is 1.33 bits per heavy atom. The quantitative estimate of drug-likeness (QED) is 0.355. The van der Waals surface area contributed by atoms with Crippen LogP contribution in [-0.4, -0.2) is 59.1 Å². The topological polar surface area (TPSA) is 114 Å². The van der Waals surface area contributed by atoms with Gasteiger partial charge in [-0.3, -0.25) is 9.59 Å². The first-order valence-corrected chi connectivity index (χ1v) is 14.7. The van der Waals surface area contributed by atoms with E-state index in [1.54, 1.807) is 55.4 Å². The van der Waals surface area contributed by atoms with E-state index >= 15 is 0 Å². The van der Waals surface area contributed by atoms with Gasteiger partial charge in [-0.05, 0) is 83.6 Å². The van der Waals surface area contributed by atoms with Crippen LogP contribution in [-0.2, 0) is 30.3 Å². The fourth-order valence-electron chi connectivity index (χ4n) is 4.72. The number of ether oxygens (including phenoxy) is 2. The number of aryl methyl sites for hydroxylation is 2. The van der Waals surface area contributed by atoms with Gasteiger partial charge in [-0.2, -0.15) is 0 Å². The minimum atomic E-state index is -1.10. The van der Waals surface area contributed by atoms with Crippen molar-refractivity contribution in [1.82, 2.24) is 15.5 Å². The van der Waals surface area contributed by atoms with Gasteiger partial charge < -0.3 is 25.0 Å². The third-order valence-electron chi connectivity index (χ3n) is 6.69. The Bertz CT molecular complexity index is 1260. The maximum absolute atomic E-state index is 14.2. The Morgan fingerprint density at radius 3 is 1.81 bits per heavy atom. The maximum atomic E-state index is 14.2. The fourth-order valence-corrected chi connectivity index (χ4v) is 4.72. The summed E-state index contributed by atoms with van der Waals surface area (Å²) in [5, 5.41) is 5.58. The molecule has 0 heterocycles. The van der Waals surface area contributed by atoms with E-state index in [0.29, 0.717) is 5.56 Å². The average Bonchev–Trinajstić information content (AvgIpc) is 2.86. The lowest BCUT2D eigenvalue weighted by molar-refractivity contribution is -0.159. The largest absolute Gasteiger partial charge is 0.458 e. The molecule has 3 unspecified atom stereocenters. The Hall–Kier alpha value is -3.88. The highest BCUT2D eigenvalue weighted by Crippen LogP contribution is 2.28. The number of amides is 3.